The molecule has 1 saturated heterocycles. The van der Waals surface area contributed by atoms with E-state index in [0.717, 1.165) is 11.3 Å². The molecule has 0 bridgehead atoms. The van der Waals surface area contributed by atoms with Gasteiger partial charge < -0.3 is 25.5 Å². The van der Waals surface area contributed by atoms with Gasteiger partial charge in [0, 0.05) is 54.9 Å². The number of amides is 1. The molecule has 4 aromatic rings. The van der Waals surface area contributed by atoms with Crippen LogP contribution in [0.5, 0.6) is 0 Å². The van der Waals surface area contributed by atoms with Crippen molar-refractivity contribution in [2.75, 3.05) is 15.5 Å². The molecule has 5 rings (SSSR count). The molecule has 1 aliphatic rings. The van der Waals surface area contributed by atoms with Crippen LogP contribution in [0, 0.1) is 10.8 Å². The number of hydrogen-bond donors (Lipinski definition) is 3. The van der Waals surface area contributed by atoms with Crippen molar-refractivity contribution in [2.24, 2.45) is 12.5 Å². The molecule has 0 aliphatic carbocycles. The van der Waals surface area contributed by atoms with Crippen LogP contribution in [0.15, 0.2) is 90.1 Å². The van der Waals surface area contributed by atoms with Gasteiger partial charge in [-0.25, -0.2) is 9.97 Å². The quantitative estimate of drug-likeness (QED) is 0.317. The first-order valence-corrected chi connectivity index (χ1v) is 12.3. The van der Waals surface area contributed by atoms with Crippen molar-refractivity contribution in [3.8, 4) is 0 Å². The van der Waals surface area contributed by atoms with E-state index < -0.39 is 5.41 Å². The highest BCUT2D eigenvalue weighted by Gasteiger charge is 2.55. The van der Waals surface area contributed by atoms with E-state index in [9.17, 15) is 9.59 Å². The second-order valence-corrected chi connectivity index (χ2v) is 9.85. The van der Waals surface area contributed by atoms with Gasteiger partial charge >= 0.3 is 0 Å². The smallest absolute Gasteiger partial charge is 0.250 e. The number of carbonyl (C=O) groups excluding carboxylic acids is 1. The van der Waals surface area contributed by atoms with Gasteiger partial charge in [-0.05, 0) is 49.7 Å². The molecule has 2 aromatic carbocycles. The number of anilines is 4. The average molecular weight is 508 g/mol. The molecule has 2 aromatic heterocycles. The number of nitrogens with one attached hydrogen (secondary N) is 3. The van der Waals surface area contributed by atoms with Crippen LogP contribution in [0.4, 0.5) is 23.0 Å². The molecule has 1 fully saturated rings. The van der Waals surface area contributed by atoms with Crippen LogP contribution >= 0.6 is 0 Å². The fourth-order valence-electron chi connectivity index (χ4n) is 4.91. The minimum Gasteiger partial charge on any atom is -0.354 e. The van der Waals surface area contributed by atoms with Crippen molar-refractivity contribution < 1.29 is 4.79 Å². The first kappa shape index (κ1) is 24.9. The van der Waals surface area contributed by atoms with Gasteiger partial charge in [-0.15, -0.1) is 0 Å². The molecule has 9 nitrogen and oxygen atoms in total. The Bertz CT molecular complexity index is 1530. The lowest BCUT2D eigenvalue weighted by molar-refractivity contribution is -0.124. The number of nitrogens with zero attached hydrogens (tertiary/aromatic N) is 4. The Morgan fingerprint density at radius 2 is 1.71 bits per heavy atom. The van der Waals surface area contributed by atoms with Crippen molar-refractivity contribution in [3.05, 3.63) is 107 Å². The number of benzene rings is 2. The molecule has 3 N–H and O–H groups in total. The van der Waals surface area contributed by atoms with Gasteiger partial charge in [0.15, 0.2) is 0 Å². The highest BCUT2D eigenvalue weighted by molar-refractivity contribution is 6.03. The van der Waals surface area contributed by atoms with Crippen molar-refractivity contribution in [1.82, 2.24) is 14.5 Å². The van der Waals surface area contributed by atoms with Crippen LogP contribution in [0.2, 0.25) is 0 Å². The zero-order valence-electron chi connectivity index (χ0n) is 21.4. The molecular weight excluding hydrogens is 478 g/mol. The lowest BCUT2D eigenvalue weighted by Gasteiger charge is -2.31. The van der Waals surface area contributed by atoms with Crippen molar-refractivity contribution in [3.63, 3.8) is 0 Å². The number of hydrogen-bond acceptors (Lipinski definition) is 7. The van der Waals surface area contributed by atoms with E-state index in [1.54, 1.807) is 42.7 Å². The van der Waals surface area contributed by atoms with Gasteiger partial charge in [-0.2, -0.15) is 0 Å². The second kappa shape index (κ2) is 9.93. The summed E-state index contributed by atoms with van der Waals surface area (Å²) in [7, 11) is 1.68. The van der Waals surface area contributed by atoms with Crippen molar-refractivity contribution >= 4 is 35.1 Å². The third-order valence-corrected chi connectivity index (χ3v) is 6.97. The average Bonchev–Trinajstić information content (AvgIpc) is 3.12. The predicted molar refractivity (Wildman–Crippen MR) is 149 cm³/mol. The summed E-state index contributed by atoms with van der Waals surface area (Å²) in [5.74, 6) is 0.410. The third-order valence-electron chi connectivity index (χ3n) is 6.97. The van der Waals surface area contributed by atoms with Gasteiger partial charge in [0.1, 0.15) is 0 Å². The summed E-state index contributed by atoms with van der Waals surface area (Å²) in [4.78, 5) is 36.2. The standard InChI is InChI=1S/C29H29N7O2/c1-29(2)26(34-28-31-14-7-15-32-28)25(19-8-5-4-6-9-19)36(27(29)38)22-11-12-23(20(16-22)17-30)33-21-10-13-24(37)35(3)18-21/h4-18,25-26,30,33H,1-3H3,(H,31,32,34)/t25-,26-/m1/s1. The Morgan fingerprint density at radius 3 is 2.39 bits per heavy atom. The minimum absolute atomic E-state index is 0.0468. The monoisotopic (exact) mass is 507 g/mol. The summed E-state index contributed by atoms with van der Waals surface area (Å²) in [6, 6.07) is 19.7. The molecule has 3 heterocycles. The van der Waals surface area contributed by atoms with Gasteiger partial charge in [0.2, 0.25) is 17.4 Å². The van der Waals surface area contributed by atoms with Crippen LogP contribution in [-0.2, 0) is 11.8 Å². The number of rotatable bonds is 7. The Kier molecular flexibility index (Phi) is 6.50. The van der Waals surface area contributed by atoms with Crippen molar-refractivity contribution in [2.45, 2.75) is 25.9 Å². The van der Waals surface area contributed by atoms with Gasteiger partial charge in [0.25, 0.3) is 0 Å². The summed E-state index contributed by atoms with van der Waals surface area (Å²) in [6.07, 6.45) is 6.29. The zero-order chi connectivity index (χ0) is 26.9. The van der Waals surface area contributed by atoms with Gasteiger partial charge in [-0.1, -0.05) is 30.3 Å². The SMILES string of the molecule is Cn1cc(Nc2ccc(N3C(=O)C(C)(C)[C@H](Nc4ncccn4)[C@H]3c3ccccc3)cc2C=N)ccc1=O. The molecule has 0 saturated carbocycles. The van der Waals surface area contributed by atoms with E-state index in [1.165, 1.54) is 16.8 Å². The highest BCUT2D eigenvalue weighted by Crippen LogP contribution is 2.47. The summed E-state index contributed by atoms with van der Waals surface area (Å²) in [6.45, 7) is 3.86. The predicted octanol–water partition coefficient (Wildman–Crippen LogP) is 4.51. The molecular formula is C29H29N7O2. The third kappa shape index (κ3) is 4.54. The lowest BCUT2D eigenvalue weighted by Crippen LogP contribution is -2.38. The molecule has 2 atom stereocenters. The molecule has 0 spiro atoms. The summed E-state index contributed by atoms with van der Waals surface area (Å²) in [5, 5.41) is 14.8. The van der Waals surface area contributed by atoms with E-state index in [-0.39, 0.29) is 23.6 Å². The van der Waals surface area contributed by atoms with E-state index in [1.807, 2.05) is 62.4 Å². The van der Waals surface area contributed by atoms with Gasteiger partial charge in [-0.3, -0.25) is 9.59 Å². The fraction of sp³-hybridized carbons (Fsp3) is 0.207. The Labute approximate surface area is 220 Å². The Hall–Kier alpha value is -4.79. The van der Waals surface area contributed by atoms with Crippen LogP contribution in [0.1, 0.15) is 31.0 Å². The van der Waals surface area contributed by atoms with Crippen LogP contribution in [-0.4, -0.2) is 32.7 Å². The summed E-state index contributed by atoms with van der Waals surface area (Å²) in [5.41, 5.74) is 2.79. The number of carbonyl (C=O) groups is 1. The first-order chi connectivity index (χ1) is 18.3. The van der Waals surface area contributed by atoms with E-state index >= 15 is 0 Å². The normalized spacial score (nSPS) is 18.3. The van der Waals surface area contributed by atoms with Crippen LogP contribution < -0.4 is 21.1 Å². The summed E-state index contributed by atoms with van der Waals surface area (Å²) < 4.78 is 1.49. The maximum Gasteiger partial charge on any atom is 0.250 e. The van der Waals surface area contributed by atoms with E-state index in [4.69, 9.17) is 5.41 Å². The molecule has 1 amide bonds. The topological polar surface area (TPSA) is 116 Å². The molecule has 0 radical (unpaired) electrons. The number of aryl methyl sites for hydroxylation is 1. The minimum atomic E-state index is -0.781. The van der Waals surface area contributed by atoms with Gasteiger partial charge in [0.05, 0.1) is 23.2 Å². The number of aromatic nitrogens is 3. The van der Waals surface area contributed by atoms with E-state index in [2.05, 4.69) is 20.6 Å². The first-order valence-electron chi connectivity index (χ1n) is 12.3. The summed E-state index contributed by atoms with van der Waals surface area (Å²) >= 11 is 0. The maximum atomic E-state index is 14.0. The van der Waals surface area contributed by atoms with Crippen molar-refractivity contribution in [1.29, 1.82) is 5.41 Å². The zero-order valence-corrected chi connectivity index (χ0v) is 21.4. The molecule has 9 heteroatoms. The van der Waals surface area contributed by atoms with E-state index in [0.29, 0.717) is 22.9 Å². The maximum absolute atomic E-state index is 14.0. The molecule has 1 aliphatic heterocycles. The second-order valence-electron chi connectivity index (χ2n) is 9.85. The molecule has 38 heavy (non-hydrogen) atoms. The largest absolute Gasteiger partial charge is 0.354 e. The fourth-order valence-corrected chi connectivity index (χ4v) is 4.91. The lowest BCUT2D eigenvalue weighted by atomic mass is 9.82. The Morgan fingerprint density at radius 1 is 0.974 bits per heavy atom. The van der Waals surface area contributed by atoms with Crippen LogP contribution in [0.3, 0.4) is 0 Å². The Balaban J connectivity index is 1.56. The highest BCUT2D eigenvalue weighted by atomic mass is 16.2. The number of pyridine rings is 1. The molecule has 0 unspecified atom stereocenters. The molecule has 192 valence electrons. The van der Waals surface area contributed by atoms with Crippen LogP contribution in [0.25, 0.3) is 0 Å².